The summed E-state index contributed by atoms with van der Waals surface area (Å²) < 4.78 is 24.2. The number of oxazole rings is 1. The van der Waals surface area contributed by atoms with Crippen molar-refractivity contribution in [3.05, 3.63) is 75.9 Å². The molecule has 0 atom stereocenters. The van der Waals surface area contributed by atoms with E-state index in [1.54, 1.807) is 24.3 Å². The van der Waals surface area contributed by atoms with Gasteiger partial charge in [-0.15, -0.1) is 0 Å². The molecular formula is C19H17FN2O4. The van der Waals surface area contributed by atoms with Crippen molar-refractivity contribution in [3.63, 3.8) is 0 Å². The van der Waals surface area contributed by atoms with E-state index in [1.807, 2.05) is 13.8 Å². The summed E-state index contributed by atoms with van der Waals surface area (Å²) in [6.07, 6.45) is 1.38. The highest BCUT2D eigenvalue weighted by Gasteiger charge is 2.18. The molecule has 0 aliphatic carbocycles. The second-order valence-electron chi connectivity index (χ2n) is 6.08. The van der Waals surface area contributed by atoms with Crippen molar-refractivity contribution in [1.29, 1.82) is 0 Å². The van der Waals surface area contributed by atoms with E-state index < -0.39 is 4.92 Å². The summed E-state index contributed by atoms with van der Waals surface area (Å²) in [5, 5.41) is 11.3. The van der Waals surface area contributed by atoms with Crippen molar-refractivity contribution in [2.75, 3.05) is 0 Å². The van der Waals surface area contributed by atoms with Gasteiger partial charge in [-0.1, -0.05) is 26.0 Å². The molecule has 3 aromatic rings. The van der Waals surface area contributed by atoms with Gasteiger partial charge in [-0.3, -0.25) is 10.1 Å². The van der Waals surface area contributed by atoms with Crippen LogP contribution < -0.4 is 4.74 Å². The first kappa shape index (κ1) is 17.6. The molecule has 0 aliphatic heterocycles. The summed E-state index contributed by atoms with van der Waals surface area (Å²) in [6.45, 7) is 3.92. The van der Waals surface area contributed by atoms with Crippen LogP contribution in [0.1, 0.15) is 31.0 Å². The van der Waals surface area contributed by atoms with Crippen molar-refractivity contribution >= 4 is 5.69 Å². The van der Waals surface area contributed by atoms with Crippen LogP contribution >= 0.6 is 0 Å². The van der Waals surface area contributed by atoms with Crippen molar-refractivity contribution in [2.45, 2.75) is 26.4 Å². The smallest absolute Gasteiger partial charge is 0.311 e. The molecular weight excluding hydrogens is 339 g/mol. The molecule has 0 saturated carbocycles. The SMILES string of the molecule is CC(C)c1ccc(OCc2coc(-c3cccc(F)c3)n2)c([N+](=O)[O-])c1. The summed E-state index contributed by atoms with van der Waals surface area (Å²) in [5.74, 6) is 0.203. The van der Waals surface area contributed by atoms with Gasteiger partial charge >= 0.3 is 5.69 Å². The lowest BCUT2D eigenvalue weighted by Gasteiger charge is -2.09. The third-order valence-electron chi connectivity index (χ3n) is 3.85. The predicted octanol–water partition coefficient (Wildman–Crippen LogP) is 5.09. The predicted molar refractivity (Wildman–Crippen MR) is 93.4 cm³/mol. The fraction of sp³-hybridized carbons (Fsp3) is 0.211. The number of ether oxygens (including phenoxy) is 1. The van der Waals surface area contributed by atoms with Gasteiger partial charge in [0, 0.05) is 11.6 Å². The molecule has 26 heavy (non-hydrogen) atoms. The average Bonchev–Trinajstić information content (AvgIpc) is 3.08. The molecule has 1 aromatic heterocycles. The summed E-state index contributed by atoms with van der Waals surface area (Å²) in [6, 6.07) is 10.8. The first-order valence-corrected chi connectivity index (χ1v) is 8.05. The second kappa shape index (κ2) is 7.35. The summed E-state index contributed by atoms with van der Waals surface area (Å²) in [5.41, 5.74) is 1.72. The fourth-order valence-electron chi connectivity index (χ4n) is 2.44. The maximum atomic E-state index is 13.3. The second-order valence-corrected chi connectivity index (χ2v) is 6.08. The van der Waals surface area contributed by atoms with Crippen LogP contribution in [0.25, 0.3) is 11.5 Å². The van der Waals surface area contributed by atoms with Crippen molar-refractivity contribution in [2.24, 2.45) is 0 Å². The zero-order valence-electron chi connectivity index (χ0n) is 14.3. The summed E-state index contributed by atoms with van der Waals surface area (Å²) >= 11 is 0. The first-order valence-electron chi connectivity index (χ1n) is 8.05. The lowest BCUT2D eigenvalue weighted by Crippen LogP contribution is -2.01. The highest BCUT2D eigenvalue weighted by molar-refractivity contribution is 5.53. The van der Waals surface area contributed by atoms with Gasteiger partial charge in [0.1, 0.15) is 24.4 Å². The van der Waals surface area contributed by atoms with Crippen LogP contribution in [0, 0.1) is 15.9 Å². The molecule has 0 radical (unpaired) electrons. The van der Waals surface area contributed by atoms with Gasteiger partial charge in [0.25, 0.3) is 0 Å². The number of nitro benzene ring substituents is 1. The number of nitro groups is 1. The zero-order valence-corrected chi connectivity index (χ0v) is 14.3. The number of benzene rings is 2. The minimum atomic E-state index is -0.470. The number of nitrogens with zero attached hydrogens (tertiary/aromatic N) is 2. The number of aromatic nitrogens is 1. The van der Waals surface area contributed by atoms with E-state index >= 15 is 0 Å². The zero-order chi connectivity index (χ0) is 18.7. The quantitative estimate of drug-likeness (QED) is 0.454. The molecule has 0 spiro atoms. The minimum absolute atomic E-state index is 0.000676. The monoisotopic (exact) mass is 356 g/mol. The van der Waals surface area contributed by atoms with Crippen LogP contribution in [0.2, 0.25) is 0 Å². The third-order valence-corrected chi connectivity index (χ3v) is 3.85. The Labute approximate surface area is 149 Å². The van der Waals surface area contributed by atoms with Gasteiger partial charge in [0.2, 0.25) is 5.89 Å². The molecule has 1 heterocycles. The maximum absolute atomic E-state index is 13.3. The van der Waals surface area contributed by atoms with Crippen LogP contribution in [0.15, 0.2) is 53.1 Å². The van der Waals surface area contributed by atoms with E-state index in [1.165, 1.54) is 24.5 Å². The Kier molecular flexibility index (Phi) is 4.97. The van der Waals surface area contributed by atoms with E-state index in [9.17, 15) is 14.5 Å². The molecule has 0 unspecified atom stereocenters. The van der Waals surface area contributed by atoms with Gasteiger partial charge in [0.05, 0.1) is 4.92 Å². The minimum Gasteiger partial charge on any atom is -0.480 e. The number of hydrogen-bond acceptors (Lipinski definition) is 5. The highest BCUT2D eigenvalue weighted by atomic mass is 19.1. The van der Waals surface area contributed by atoms with E-state index in [2.05, 4.69) is 4.98 Å². The van der Waals surface area contributed by atoms with Crippen LogP contribution in [0.3, 0.4) is 0 Å². The van der Waals surface area contributed by atoms with Crippen molar-refractivity contribution < 1.29 is 18.5 Å². The topological polar surface area (TPSA) is 78.4 Å². The average molecular weight is 356 g/mol. The molecule has 0 amide bonds. The van der Waals surface area contributed by atoms with E-state index in [0.29, 0.717) is 11.3 Å². The standard InChI is InChI=1S/C19H17FN2O4/c1-12(2)13-6-7-18(17(9-13)22(23)24)25-10-16-11-26-19(21-16)14-4-3-5-15(20)8-14/h3-9,11-12H,10H2,1-2H3. The Balaban J connectivity index is 1.76. The molecule has 0 fully saturated rings. The highest BCUT2D eigenvalue weighted by Crippen LogP contribution is 2.31. The lowest BCUT2D eigenvalue weighted by atomic mass is 10.0. The van der Waals surface area contributed by atoms with Gasteiger partial charge in [-0.05, 0) is 35.7 Å². The summed E-state index contributed by atoms with van der Waals surface area (Å²) in [7, 11) is 0. The van der Waals surface area contributed by atoms with Crippen molar-refractivity contribution in [1.82, 2.24) is 4.98 Å². The third kappa shape index (κ3) is 3.88. The molecule has 2 aromatic carbocycles. The van der Waals surface area contributed by atoms with Crippen LogP contribution in [-0.2, 0) is 6.61 Å². The molecule has 0 saturated heterocycles. The lowest BCUT2D eigenvalue weighted by molar-refractivity contribution is -0.386. The summed E-state index contributed by atoms with van der Waals surface area (Å²) in [4.78, 5) is 15.0. The molecule has 7 heteroatoms. The van der Waals surface area contributed by atoms with Crippen LogP contribution in [0.5, 0.6) is 5.75 Å². The Bertz CT molecular complexity index is 937. The first-order chi connectivity index (χ1) is 12.4. The Morgan fingerprint density at radius 3 is 2.77 bits per heavy atom. The van der Waals surface area contributed by atoms with Gasteiger partial charge in [0.15, 0.2) is 5.75 Å². The van der Waals surface area contributed by atoms with Crippen LogP contribution in [-0.4, -0.2) is 9.91 Å². The number of hydrogen-bond donors (Lipinski definition) is 0. The van der Waals surface area contributed by atoms with Gasteiger partial charge < -0.3 is 9.15 Å². The number of rotatable bonds is 6. The largest absolute Gasteiger partial charge is 0.480 e. The van der Waals surface area contributed by atoms with E-state index in [4.69, 9.17) is 9.15 Å². The van der Waals surface area contributed by atoms with Crippen LogP contribution in [0.4, 0.5) is 10.1 Å². The fourth-order valence-corrected chi connectivity index (χ4v) is 2.44. The van der Waals surface area contributed by atoms with E-state index in [0.717, 1.165) is 5.56 Å². The Morgan fingerprint density at radius 2 is 2.08 bits per heavy atom. The van der Waals surface area contributed by atoms with Gasteiger partial charge in [-0.2, -0.15) is 0 Å². The molecule has 0 N–H and O–H groups in total. The molecule has 6 nitrogen and oxygen atoms in total. The Morgan fingerprint density at radius 1 is 1.27 bits per heavy atom. The Hall–Kier alpha value is -3.22. The molecule has 3 rings (SSSR count). The molecule has 0 bridgehead atoms. The normalized spacial score (nSPS) is 10.9. The van der Waals surface area contributed by atoms with Gasteiger partial charge in [-0.25, -0.2) is 9.37 Å². The maximum Gasteiger partial charge on any atom is 0.311 e. The number of halogens is 1. The molecule has 0 aliphatic rings. The van der Waals surface area contributed by atoms with E-state index in [-0.39, 0.29) is 35.7 Å². The van der Waals surface area contributed by atoms with Crippen molar-refractivity contribution in [3.8, 4) is 17.2 Å². The molecule has 134 valence electrons.